The number of hydrogen-bond acceptors (Lipinski definition) is 12. The van der Waals surface area contributed by atoms with Crippen LogP contribution in [0.3, 0.4) is 0 Å². The first-order chi connectivity index (χ1) is 22.3. The van der Waals surface area contributed by atoms with E-state index in [0.29, 0.717) is 4.60 Å². The van der Waals surface area contributed by atoms with Crippen LogP contribution in [0.2, 0.25) is 0 Å². The zero-order valence-electron chi connectivity index (χ0n) is 23.8. The van der Waals surface area contributed by atoms with Gasteiger partial charge in [0.2, 0.25) is 0 Å². The SMILES string of the molecule is Nc1ccccc1ON1P=NP(OCC(F)(F)F)(OCC(F)(F)F)(OCC(F)(F)F)N(Oc2ccccc2N)P1Oc1ccccc1N. The predicted octanol–water partition coefficient (Wildman–Crippen LogP) is 8.55. The Balaban J connectivity index is 2.05. The molecule has 6 N–H and O–H groups in total. The molecule has 0 bridgehead atoms. The molecular formula is C24H24F9N6O6P3. The molecule has 0 radical (unpaired) electrons. The number of rotatable bonds is 12. The number of alkyl halides is 9. The van der Waals surface area contributed by atoms with Crippen LogP contribution in [0.5, 0.6) is 17.2 Å². The van der Waals surface area contributed by atoms with Gasteiger partial charge in [0.1, 0.15) is 0 Å². The van der Waals surface area contributed by atoms with Crippen molar-refractivity contribution in [1.82, 2.24) is 9.21 Å². The van der Waals surface area contributed by atoms with Crippen LogP contribution in [0.1, 0.15) is 0 Å². The van der Waals surface area contributed by atoms with Gasteiger partial charge in [0.25, 0.3) is 0 Å². The van der Waals surface area contributed by atoms with Crippen LogP contribution in [-0.2, 0) is 13.6 Å². The average molecular weight is 756 g/mol. The first kappa shape index (κ1) is 37.4. The van der Waals surface area contributed by atoms with Crippen molar-refractivity contribution in [2.45, 2.75) is 18.5 Å². The molecule has 0 saturated heterocycles. The van der Waals surface area contributed by atoms with Crippen molar-refractivity contribution in [3.8, 4) is 17.2 Å². The number of hydrogen-bond donors (Lipinski definition) is 3. The standard InChI is InChI=1S/C24H24F9N6O6P3/c25-22(26,27)13-40-48(41-14-23(28,29)30,42-15-24(31,32)33)37-46-38(43-19-10-4-1-7-16(19)34)47(45-21-12-6-3-9-18(21)36)39(48)44-20-11-5-2-8-17(20)35/h1-12H,13-15,34-36H2. The van der Waals surface area contributed by atoms with Crippen LogP contribution in [-0.4, -0.2) is 47.6 Å². The fourth-order valence-electron chi connectivity index (χ4n) is 3.43. The van der Waals surface area contributed by atoms with E-state index in [4.69, 9.17) is 45.0 Å². The van der Waals surface area contributed by atoms with Crippen LogP contribution in [0.4, 0.5) is 56.6 Å². The van der Waals surface area contributed by atoms with Crippen LogP contribution in [0, 0.1) is 0 Å². The summed E-state index contributed by atoms with van der Waals surface area (Å²) in [4.78, 5) is 11.5. The Kier molecular flexibility index (Phi) is 11.1. The van der Waals surface area contributed by atoms with Gasteiger partial charge in [-0.2, -0.15) is 0 Å². The molecule has 0 saturated carbocycles. The van der Waals surface area contributed by atoms with Crippen molar-refractivity contribution in [2.75, 3.05) is 37.0 Å². The first-order valence-electron chi connectivity index (χ1n) is 12.9. The van der Waals surface area contributed by atoms with Gasteiger partial charge in [-0.1, -0.05) is 0 Å². The number of nitrogens with zero attached hydrogens (tertiary/aromatic N) is 3. The van der Waals surface area contributed by atoms with Crippen molar-refractivity contribution in [2.24, 2.45) is 4.52 Å². The van der Waals surface area contributed by atoms with Crippen molar-refractivity contribution in [3.63, 3.8) is 0 Å². The van der Waals surface area contributed by atoms with Gasteiger partial charge >= 0.3 is 268 Å². The second-order valence-corrected chi connectivity index (χ2v) is 15.3. The van der Waals surface area contributed by atoms with E-state index in [9.17, 15) is 39.5 Å². The number of benzene rings is 3. The number of nitrogens with two attached hydrogens (primary N) is 3. The summed E-state index contributed by atoms with van der Waals surface area (Å²) in [6, 6.07) is 15.9. The Labute approximate surface area is 268 Å². The zero-order valence-corrected chi connectivity index (χ0v) is 26.5. The molecular weight excluding hydrogens is 732 g/mol. The van der Waals surface area contributed by atoms with Gasteiger partial charge in [-0.05, 0) is 0 Å². The van der Waals surface area contributed by atoms with Crippen LogP contribution >= 0.6 is 24.6 Å². The van der Waals surface area contributed by atoms with Gasteiger partial charge in [0.05, 0.1) is 0 Å². The topological polar surface area (TPSA) is 152 Å². The van der Waals surface area contributed by atoms with Crippen LogP contribution in [0.15, 0.2) is 77.3 Å². The quantitative estimate of drug-likeness (QED) is 0.0926. The second kappa shape index (κ2) is 14.2. The van der Waals surface area contributed by atoms with E-state index in [2.05, 4.69) is 4.52 Å². The van der Waals surface area contributed by atoms with Crippen molar-refractivity contribution in [3.05, 3.63) is 72.8 Å². The van der Waals surface area contributed by atoms with E-state index in [-0.39, 0.29) is 33.2 Å². The normalized spacial score (nSPS) is 19.6. The molecule has 1 unspecified atom stereocenters. The maximum absolute atomic E-state index is 13.7. The Morgan fingerprint density at radius 3 is 1.38 bits per heavy atom. The predicted molar refractivity (Wildman–Crippen MR) is 157 cm³/mol. The maximum atomic E-state index is 13.7. The molecule has 1 aliphatic rings. The fourth-order valence-corrected chi connectivity index (χ4v) is 11.3. The summed E-state index contributed by atoms with van der Waals surface area (Å²) in [6.07, 6.45) is -16.2. The molecule has 4 rings (SSSR count). The third kappa shape index (κ3) is 9.39. The van der Waals surface area contributed by atoms with Crippen molar-refractivity contribution >= 4 is 41.6 Å². The summed E-state index contributed by atoms with van der Waals surface area (Å²) in [5.41, 5.74) is 17.5. The first-order valence-corrected chi connectivity index (χ1v) is 16.7. The molecule has 24 heteroatoms. The minimum atomic E-state index is -7.12. The summed E-state index contributed by atoms with van der Waals surface area (Å²) < 4.78 is 149. The van der Waals surface area contributed by atoms with E-state index in [0.717, 1.165) is 6.07 Å². The van der Waals surface area contributed by atoms with E-state index in [1.54, 1.807) is 0 Å². The van der Waals surface area contributed by atoms with Gasteiger partial charge < -0.3 is 0 Å². The molecule has 3 aromatic carbocycles. The molecule has 0 aliphatic carbocycles. The van der Waals surface area contributed by atoms with E-state index < -0.39 is 68.7 Å². The van der Waals surface area contributed by atoms with E-state index >= 15 is 0 Å². The summed E-state index contributed by atoms with van der Waals surface area (Å²) in [5.74, 6) is -0.968. The molecule has 264 valence electrons. The summed E-state index contributed by atoms with van der Waals surface area (Å²) in [5, 5.41) is 0. The van der Waals surface area contributed by atoms with Gasteiger partial charge in [-0.15, -0.1) is 0 Å². The monoisotopic (exact) mass is 756 g/mol. The molecule has 1 heterocycles. The molecule has 0 spiro atoms. The summed E-state index contributed by atoms with van der Waals surface area (Å²) in [6.45, 7) is -7.60. The zero-order chi connectivity index (χ0) is 35.4. The van der Waals surface area contributed by atoms with Crippen molar-refractivity contribution in [1.29, 1.82) is 0 Å². The van der Waals surface area contributed by atoms with Gasteiger partial charge in [-0.3, -0.25) is 0 Å². The molecule has 0 amide bonds. The Bertz CT molecular complexity index is 1560. The molecule has 1 aliphatic heterocycles. The summed E-state index contributed by atoms with van der Waals surface area (Å²) >= 11 is 0. The third-order valence-electron chi connectivity index (χ3n) is 5.49. The fraction of sp³-hybridized carbons (Fsp3) is 0.250. The van der Waals surface area contributed by atoms with Gasteiger partial charge in [0, 0.05) is 0 Å². The molecule has 48 heavy (non-hydrogen) atoms. The van der Waals surface area contributed by atoms with E-state index in [1.165, 1.54) is 66.7 Å². The van der Waals surface area contributed by atoms with Gasteiger partial charge in [-0.25, -0.2) is 0 Å². The minimum absolute atomic E-state index is 0.0281. The third-order valence-corrected chi connectivity index (χ3v) is 12.8. The Hall–Kier alpha value is -3.41. The molecule has 0 aromatic heterocycles. The summed E-state index contributed by atoms with van der Waals surface area (Å²) in [7, 11) is -11.3. The average Bonchev–Trinajstić information content (AvgIpc) is 2.99. The van der Waals surface area contributed by atoms with Crippen LogP contribution in [0.25, 0.3) is 0 Å². The number of nitrogen functional groups attached to an aromatic ring is 3. The molecule has 3 aromatic rings. The Morgan fingerprint density at radius 2 is 0.979 bits per heavy atom. The Morgan fingerprint density at radius 1 is 0.604 bits per heavy atom. The molecule has 1 atom stereocenters. The number of halogens is 9. The number of anilines is 3. The molecule has 12 nitrogen and oxygen atoms in total. The number of para-hydroxylation sites is 6. The second-order valence-electron chi connectivity index (χ2n) is 9.29. The van der Waals surface area contributed by atoms with E-state index in [1.807, 2.05) is 0 Å². The van der Waals surface area contributed by atoms with Gasteiger partial charge in [0.15, 0.2) is 0 Å². The molecule has 0 fully saturated rings. The van der Waals surface area contributed by atoms with Crippen LogP contribution < -0.4 is 31.4 Å². The van der Waals surface area contributed by atoms with Crippen molar-refractivity contribution < 1.29 is 67.3 Å².